The summed E-state index contributed by atoms with van der Waals surface area (Å²) in [6, 6.07) is 9.97. The van der Waals surface area contributed by atoms with E-state index >= 15 is 0 Å². The maximum Gasteiger partial charge on any atom is 0.220 e. The molecule has 2 aromatic rings. The zero-order valence-electron chi connectivity index (χ0n) is 13.4. The Morgan fingerprint density at radius 3 is 2.91 bits per heavy atom. The number of ether oxygens (including phenoxy) is 1. The Bertz CT molecular complexity index is 616. The summed E-state index contributed by atoms with van der Waals surface area (Å²) in [7, 11) is 0. The highest BCUT2D eigenvalue weighted by molar-refractivity contribution is 5.76. The summed E-state index contributed by atoms with van der Waals surface area (Å²) in [5.74, 6) is 0.0872. The van der Waals surface area contributed by atoms with Crippen LogP contribution in [0.15, 0.2) is 42.7 Å². The molecule has 0 saturated carbocycles. The highest BCUT2D eigenvalue weighted by atomic mass is 16.5. The number of nitrogens with zero attached hydrogens (tertiary/aromatic N) is 2. The van der Waals surface area contributed by atoms with Crippen LogP contribution < -0.4 is 5.32 Å². The Morgan fingerprint density at radius 2 is 2.26 bits per heavy atom. The summed E-state index contributed by atoms with van der Waals surface area (Å²) in [4.78, 5) is 12.1. The molecular formula is C18H23N3O2. The zero-order chi connectivity index (χ0) is 16.1. The maximum absolute atomic E-state index is 12.1. The number of carbonyl (C=O) groups is 1. The van der Waals surface area contributed by atoms with Crippen LogP contribution in [-0.4, -0.2) is 28.4 Å². The van der Waals surface area contributed by atoms with Crippen LogP contribution in [0.4, 0.5) is 0 Å². The van der Waals surface area contributed by atoms with Gasteiger partial charge in [-0.25, -0.2) is 4.68 Å². The molecule has 1 aromatic heterocycles. The molecule has 0 unspecified atom stereocenters. The van der Waals surface area contributed by atoms with E-state index in [1.54, 1.807) is 6.20 Å². The van der Waals surface area contributed by atoms with Gasteiger partial charge in [0.2, 0.25) is 5.91 Å². The van der Waals surface area contributed by atoms with Crippen molar-refractivity contribution in [3.05, 3.63) is 48.3 Å². The topological polar surface area (TPSA) is 56.1 Å². The lowest BCUT2D eigenvalue weighted by Crippen LogP contribution is -2.27. The minimum absolute atomic E-state index is 0.00123. The van der Waals surface area contributed by atoms with E-state index in [1.165, 1.54) is 0 Å². The Hall–Kier alpha value is -2.14. The van der Waals surface area contributed by atoms with Crippen LogP contribution in [0.25, 0.3) is 5.69 Å². The van der Waals surface area contributed by atoms with Gasteiger partial charge < -0.3 is 10.1 Å². The molecular weight excluding hydrogens is 290 g/mol. The molecule has 5 heteroatoms. The van der Waals surface area contributed by atoms with Crippen molar-refractivity contribution < 1.29 is 9.53 Å². The Morgan fingerprint density at radius 1 is 1.43 bits per heavy atom. The fourth-order valence-electron chi connectivity index (χ4n) is 2.90. The van der Waals surface area contributed by atoms with Crippen molar-refractivity contribution in [2.24, 2.45) is 0 Å². The molecule has 122 valence electrons. The SMILES string of the molecule is C[C@H](NC(=O)CC[C@@H]1CCCO1)c1ccc(-n2cccn2)cc1. The molecule has 0 aliphatic carbocycles. The predicted octanol–water partition coefficient (Wildman–Crippen LogP) is 3.01. The summed E-state index contributed by atoms with van der Waals surface area (Å²) in [5, 5.41) is 7.26. The van der Waals surface area contributed by atoms with E-state index in [1.807, 2.05) is 48.1 Å². The van der Waals surface area contributed by atoms with Crippen molar-refractivity contribution in [1.29, 1.82) is 0 Å². The molecule has 0 bridgehead atoms. The predicted molar refractivity (Wildman–Crippen MR) is 88.3 cm³/mol. The lowest BCUT2D eigenvalue weighted by atomic mass is 10.1. The molecule has 0 spiro atoms. The summed E-state index contributed by atoms with van der Waals surface area (Å²) < 4.78 is 7.37. The second-order valence-electron chi connectivity index (χ2n) is 6.01. The molecule has 1 aliphatic rings. The smallest absolute Gasteiger partial charge is 0.220 e. The molecule has 1 amide bonds. The molecule has 23 heavy (non-hydrogen) atoms. The standard InChI is InChI=1S/C18H23N3O2/c1-14(20-18(22)10-9-17-4-2-13-23-17)15-5-7-16(8-6-15)21-12-3-11-19-21/h3,5-8,11-12,14,17H,2,4,9-10,13H2,1H3,(H,20,22)/t14-,17-/m0/s1. The van der Waals surface area contributed by atoms with Gasteiger partial charge in [-0.3, -0.25) is 4.79 Å². The van der Waals surface area contributed by atoms with Crippen LogP contribution in [-0.2, 0) is 9.53 Å². The lowest BCUT2D eigenvalue weighted by Gasteiger charge is -2.16. The van der Waals surface area contributed by atoms with Gasteiger partial charge in [0.1, 0.15) is 0 Å². The van der Waals surface area contributed by atoms with Gasteiger partial charge in [-0.1, -0.05) is 12.1 Å². The van der Waals surface area contributed by atoms with E-state index in [4.69, 9.17) is 4.74 Å². The molecule has 1 fully saturated rings. The molecule has 0 radical (unpaired) electrons. The average Bonchev–Trinajstić information content (AvgIpc) is 3.26. The first kappa shape index (κ1) is 15.7. The van der Waals surface area contributed by atoms with Crippen molar-refractivity contribution in [3.63, 3.8) is 0 Å². The van der Waals surface area contributed by atoms with E-state index in [9.17, 15) is 4.79 Å². The third-order valence-electron chi connectivity index (χ3n) is 4.26. The number of rotatable bonds is 6. The van der Waals surface area contributed by atoms with Crippen LogP contribution in [0, 0.1) is 0 Å². The minimum atomic E-state index is -0.00123. The number of nitrogens with one attached hydrogen (secondary N) is 1. The zero-order valence-corrected chi connectivity index (χ0v) is 13.4. The van der Waals surface area contributed by atoms with Crippen LogP contribution in [0.5, 0.6) is 0 Å². The molecule has 1 aromatic carbocycles. The monoisotopic (exact) mass is 313 g/mol. The first-order chi connectivity index (χ1) is 11.2. The van der Waals surface area contributed by atoms with Gasteiger partial charge in [-0.05, 0) is 49.9 Å². The maximum atomic E-state index is 12.1. The van der Waals surface area contributed by atoms with E-state index in [0.29, 0.717) is 6.42 Å². The summed E-state index contributed by atoms with van der Waals surface area (Å²) in [6.07, 6.45) is 7.47. The third-order valence-corrected chi connectivity index (χ3v) is 4.26. The van der Waals surface area contributed by atoms with Crippen LogP contribution in [0.2, 0.25) is 0 Å². The van der Waals surface area contributed by atoms with E-state index in [-0.39, 0.29) is 18.1 Å². The normalized spacial score (nSPS) is 18.7. The molecule has 1 saturated heterocycles. The first-order valence-corrected chi connectivity index (χ1v) is 8.23. The van der Waals surface area contributed by atoms with Crippen molar-refractivity contribution in [1.82, 2.24) is 15.1 Å². The number of amides is 1. The van der Waals surface area contributed by atoms with E-state index in [2.05, 4.69) is 10.4 Å². The highest BCUT2D eigenvalue weighted by Crippen LogP contribution is 2.18. The van der Waals surface area contributed by atoms with Gasteiger partial charge >= 0.3 is 0 Å². The number of aromatic nitrogens is 2. The molecule has 5 nitrogen and oxygen atoms in total. The van der Waals surface area contributed by atoms with Gasteiger partial charge in [-0.15, -0.1) is 0 Å². The second kappa shape index (κ2) is 7.42. The van der Waals surface area contributed by atoms with Gasteiger partial charge in [0.05, 0.1) is 17.8 Å². The first-order valence-electron chi connectivity index (χ1n) is 8.23. The van der Waals surface area contributed by atoms with Crippen molar-refractivity contribution >= 4 is 5.91 Å². The second-order valence-corrected chi connectivity index (χ2v) is 6.01. The van der Waals surface area contributed by atoms with Crippen molar-refractivity contribution in [3.8, 4) is 5.69 Å². The minimum Gasteiger partial charge on any atom is -0.378 e. The van der Waals surface area contributed by atoms with Crippen molar-refractivity contribution in [2.75, 3.05) is 6.61 Å². The fraction of sp³-hybridized carbons (Fsp3) is 0.444. The Balaban J connectivity index is 1.51. The molecule has 2 atom stereocenters. The lowest BCUT2D eigenvalue weighted by molar-refractivity contribution is -0.122. The van der Waals surface area contributed by atoms with Gasteiger partial charge in [-0.2, -0.15) is 5.10 Å². The number of hydrogen-bond acceptors (Lipinski definition) is 3. The van der Waals surface area contributed by atoms with Crippen LogP contribution in [0.1, 0.15) is 44.2 Å². The Kier molecular flexibility index (Phi) is 5.08. The number of carbonyl (C=O) groups excluding carboxylic acids is 1. The van der Waals surface area contributed by atoms with Crippen LogP contribution >= 0.6 is 0 Å². The average molecular weight is 313 g/mol. The van der Waals surface area contributed by atoms with Crippen LogP contribution in [0.3, 0.4) is 0 Å². The quantitative estimate of drug-likeness (QED) is 0.892. The molecule has 1 N–H and O–H groups in total. The van der Waals surface area contributed by atoms with Gasteiger partial charge in [0.15, 0.2) is 0 Å². The van der Waals surface area contributed by atoms with Gasteiger partial charge in [0, 0.05) is 25.4 Å². The molecule has 3 rings (SSSR count). The molecule has 1 aliphatic heterocycles. The summed E-state index contributed by atoms with van der Waals surface area (Å²) in [6.45, 7) is 2.85. The summed E-state index contributed by atoms with van der Waals surface area (Å²) in [5.41, 5.74) is 2.10. The Labute approximate surface area is 136 Å². The number of benzene rings is 1. The fourth-order valence-corrected chi connectivity index (χ4v) is 2.90. The largest absolute Gasteiger partial charge is 0.378 e. The van der Waals surface area contributed by atoms with Gasteiger partial charge in [0.25, 0.3) is 0 Å². The van der Waals surface area contributed by atoms with E-state index in [0.717, 1.165) is 37.1 Å². The number of hydrogen-bond donors (Lipinski definition) is 1. The highest BCUT2D eigenvalue weighted by Gasteiger charge is 2.17. The summed E-state index contributed by atoms with van der Waals surface area (Å²) >= 11 is 0. The third kappa shape index (κ3) is 4.20. The van der Waals surface area contributed by atoms with Crippen molar-refractivity contribution in [2.45, 2.75) is 44.8 Å². The van der Waals surface area contributed by atoms with E-state index < -0.39 is 0 Å². The molecule has 2 heterocycles.